The van der Waals surface area contributed by atoms with Gasteiger partial charge in [0.1, 0.15) is 0 Å². The second-order valence-electron chi connectivity index (χ2n) is 5.65. The minimum absolute atomic E-state index is 0.0748. The van der Waals surface area contributed by atoms with Gasteiger partial charge >= 0.3 is 0 Å². The second kappa shape index (κ2) is 6.39. The van der Waals surface area contributed by atoms with Crippen LogP contribution >= 0.6 is 0 Å². The third kappa shape index (κ3) is 3.70. The maximum absolute atomic E-state index is 12.1. The van der Waals surface area contributed by atoms with E-state index >= 15 is 0 Å². The number of hydrogen-bond acceptors (Lipinski definition) is 2. The molecular weight excluding hydrogens is 212 g/mol. The summed E-state index contributed by atoms with van der Waals surface area (Å²) in [5.41, 5.74) is 0. The molecule has 2 aliphatic rings. The molecule has 17 heavy (non-hydrogen) atoms. The lowest BCUT2D eigenvalue weighted by Gasteiger charge is -2.31. The molecular formula is C14H26N2O. The Bertz CT molecular complexity index is 249. The van der Waals surface area contributed by atoms with Crippen molar-refractivity contribution >= 4 is 5.91 Å². The molecule has 2 unspecified atom stereocenters. The fourth-order valence-electron chi connectivity index (χ4n) is 3.17. The molecule has 0 aromatic rings. The van der Waals surface area contributed by atoms with Crippen molar-refractivity contribution < 1.29 is 4.79 Å². The summed E-state index contributed by atoms with van der Waals surface area (Å²) in [5, 5.41) is 6.57. The highest BCUT2D eigenvalue weighted by molar-refractivity contribution is 5.82. The van der Waals surface area contributed by atoms with Crippen LogP contribution in [0.3, 0.4) is 0 Å². The Labute approximate surface area is 105 Å². The third-order valence-electron chi connectivity index (χ3n) is 4.33. The van der Waals surface area contributed by atoms with Gasteiger partial charge in [-0.2, -0.15) is 0 Å². The summed E-state index contributed by atoms with van der Waals surface area (Å²) in [6.45, 7) is 3.26. The first kappa shape index (κ1) is 12.9. The van der Waals surface area contributed by atoms with Gasteiger partial charge in [0.15, 0.2) is 0 Å². The van der Waals surface area contributed by atoms with Crippen molar-refractivity contribution in [2.75, 3.05) is 6.54 Å². The van der Waals surface area contributed by atoms with E-state index in [1.54, 1.807) is 0 Å². The number of carbonyl (C=O) groups is 1. The van der Waals surface area contributed by atoms with Crippen molar-refractivity contribution in [3.05, 3.63) is 0 Å². The number of piperidine rings is 1. The summed E-state index contributed by atoms with van der Waals surface area (Å²) < 4.78 is 0. The van der Waals surface area contributed by atoms with E-state index in [0.717, 1.165) is 18.9 Å². The smallest absolute Gasteiger partial charge is 0.237 e. The summed E-state index contributed by atoms with van der Waals surface area (Å²) in [5.74, 6) is 1.07. The molecule has 1 amide bonds. The largest absolute Gasteiger partial charge is 0.352 e. The van der Waals surface area contributed by atoms with E-state index in [9.17, 15) is 4.79 Å². The number of carbonyl (C=O) groups excluding carboxylic acids is 1. The first-order valence-corrected chi connectivity index (χ1v) is 7.33. The van der Waals surface area contributed by atoms with Crippen LogP contribution in [-0.2, 0) is 4.79 Å². The van der Waals surface area contributed by atoms with E-state index in [1.165, 1.54) is 44.9 Å². The molecule has 0 aromatic heterocycles. The maximum Gasteiger partial charge on any atom is 0.237 e. The van der Waals surface area contributed by atoms with Gasteiger partial charge in [-0.3, -0.25) is 4.79 Å². The van der Waals surface area contributed by atoms with E-state index in [0.29, 0.717) is 6.04 Å². The van der Waals surface area contributed by atoms with E-state index in [4.69, 9.17) is 0 Å². The molecule has 0 bridgehead atoms. The standard InChI is InChI=1S/C14H26N2O/c1-2-11-6-5-7-12(10-11)16-14(17)13-8-3-4-9-15-13/h11-13,15H,2-10H2,1H3,(H,16,17)/t11?,12?,13-/m1/s1. The molecule has 1 aliphatic heterocycles. The van der Waals surface area contributed by atoms with Crippen molar-refractivity contribution in [2.24, 2.45) is 5.92 Å². The zero-order valence-electron chi connectivity index (χ0n) is 11.0. The Hall–Kier alpha value is -0.570. The van der Waals surface area contributed by atoms with Gasteiger partial charge < -0.3 is 10.6 Å². The molecule has 98 valence electrons. The molecule has 0 radical (unpaired) electrons. The fraction of sp³-hybridized carbons (Fsp3) is 0.929. The van der Waals surface area contributed by atoms with Gasteiger partial charge in [0.25, 0.3) is 0 Å². The molecule has 3 nitrogen and oxygen atoms in total. The van der Waals surface area contributed by atoms with Gasteiger partial charge in [-0.05, 0) is 38.1 Å². The van der Waals surface area contributed by atoms with Crippen LogP contribution in [0.1, 0.15) is 58.3 Å². The van der Waals surface area contributed by atoms with Gasteiger partial charge in [0, 0.05) is 6.04 Å². The van der Waals surface area contributed by atoms with E-state index < -0.39 is 0 Å². The van der Waals surface area contributed by atoms with Crippen molar-refractivity contribution in [1.29, 1.82) is 0 Å². The van der Waals surface area contributed by atoms with Crippen LogP contribution in [-0.4, -0.2) is 24.5 Å². The van der Waals surface area contributed by atoms with Crippen molar-refractivity contribution in [3.63, 3.8) is 0 Å². The monoisotopic (exact) mass is 238 g/mol. The molecule has 3 atom stereocenters. The highest BCUT2D eigenvalue weighted by atomic mass is 16.2. The van der Waals surface area contributed by atoms with Crippen LogP contribution in [0.4, 0.5) is 0 Å². The van der Waals surface area contributed by atoms with Gasteiger partial charge in [0.2, 0.25) is 5.91 Å². The Morgan fingerprint density at radius 1 is 1.24 bits per heavy atom. The molecule has 2 fully saturated rings. The second-order valence-corrected chi connectivity index (χ2v) is 5.65. The number of amides is 1. The van der Waals surface area contributed by atoms with Crippen molar-refractivity contribution in [3.8, 4) is 0 Å². The minimum Gasteiger partial charge on any atom is -0.352 e. The van der Waals surface area contributed by atoms with Crippen molar-refractivity contribution in [1.82, 2.24) is 10.6 Å². The zero-order chi connectivity index (χ0) is 12.1. The number of hydrogen-bond donors (Lipinski definition) is 2. The Morgan fingerprint density at radius 3 is 2.82 bits per heavy atom. The van der Waals surface area contributed by atoms with Crippen LogP contribution in [0.5, 0.6) is 0 Å². The third-order valence-corrected chi connectivity index (χ3v) is 4.33. The van der Waals surface area contributed by atoms with Gasteiger partial charge in [0.05, 0.1) is 6.04 Å². The first-order valence-electron chi connectivity index (χ1n) is 7.33. The first-order chi connectivity index (χ1) is 8.29. The predicted octanol–water partition coefficient (Wildman–Crippen LogP) is 2.21. The van der Waals surface area contributed by atoms with Gasteiger partial charge in [-0.25, -0.2) is 0 Å². The normalized spacial score (nSPS) is 34.3. The molecule has 2 N–H and O–H groups in total. The summed E-state index contributed by atoms with van der Waals surface area (Å²) in [7, 11) is 0. The van der Waals surface area contributed by atoms with Crippen LogP contribution in [0.15, 0.2) is 0 Å². The summed E-state index contributed by atoms with van der Waals surface area (Å²) in [6.07, 6.45) is 9.66. The molecule has 0 aromatic carbocycles. The molecule has 1 saturated heterocycles. The van der Waals surface area contributed by atoms with Crippen LogP contribution in [0.2, 0.25) is 0 Å². The minimum atomic E-state index is 0.0748. The Kier molecular flexibility index (Phi) is 4.84. The van der Waals surface area contributed by atoms with Crippen LogP contribution in [0.25, 0.3) is 0 Å². The highest BCUT2D eigenvalue weighted by Crippen LogP contribution is 2.26. The predicted molar refractivity (Wildman–Crippen MR) is 69.8 cm³/mol. The SMILES string of the molecule is CCC1CCCC(NC(=O)[C@H]2CCCCN2)C1. The number of rotatable bonds is 3. The number of nitrogens with one attached hydrogen (secondary N) is 2. The molecule has 3 heteroatoms. The quantitative estimate of drug-likeness (QED) is 0.791. The lowest BCUT2D eigenvalue weighted by molar-refractivity contribution is -0.124. The highest BCUT2D eigenvalue weighted by Gasteiger charge is 2.26. The van der Waals surface area contributed by atoms with E-state index in [2.05, 4.69) is 17.6 Å². The summed E-state index contributed by atoms with van der Waals surface area (Å²) >= 11 is 0. The molecule has 1 aliphatic carbocycles. The van der Waals surface area contributed by atoms with E-state index in [-0.39, 0.29) is 11.9 Å². The average Bonchev–Trinajstić information content (AvgIpc) is 2.40. The average molecular weight is 238 g/mol. The summed E-state index contributed by atoms with van der Waals surface area (Å²) in [6, 6.07) is 0.510. The maximum atomic E-state index is 12.1. The molecule has 0 spiro atoms. The lowest BCUT2D eigenvalue weighted by Crippen LogP contribution is -2.50. The van der Waals surface area contributed by atoms with Crippen LogP contribution < -0.4 is 10.6 Å². The fourth-order valence-corrected chi connectivity index (χ4v) is 3.17. The molecule has 1 heterocycles. The Balaban J connectivity index is 1.77. The topological polar surface area (TPSA) is 41.1 Å². The Morgan fingerprint density at radius 2 is 2.12 bits per heavy atom. The van der Waals surface area contributed by atoms with Gasteiger partial charge in [-0.15, -0.1) is 0 Å². The van der Waals surface area contributed by atoms with E-state index in [1.807, 2.05) is 0 Å². The van der Waals surface area contributed by atoms with Crippen molar-refractivity contribution in [2.45, 2.75) is 70.4 Å². The van der Waals surface area contributed by atoms with Crippen LogP contribution in [0, 0.1) is 5.92 Å². The molecule has 1 saturated carbocycles. The lowest BCUT2D eigenvalue weighted by atomic mass is 9.84. The molecule has 2 rings (SSSR count). The summed E-state index contributed by atoms with van der Waals surface area (Å²) in [4.78, 5) is 12.1. The van der Waals surface area contributed by atoms with Gasteiger partial charge in [-0.1, -0.05) is 32.6 Å². The zero-order valence-corrected chi connectivity index (χ0v) is 11.0.